The Kier molecular flexibility index (Phi) is 7.10. The van der Waals surface area contributed by atoms with Crippen molar-refractivity contribution in [2.45, 2.75) is 19.5 Å². The van der Waals surface area contributed by atoms with Gasteiger partial charge in [-0.3, -0.25) is 4.68 Å². The van der Waals surface area contributed by atoms with Crippen molar-refractivity contribution in [1.82, 2.24) is 24.9 Å². The van der Waals surface area contributed by atoms with E-state index in [0.717, 1.165) is 12.0 Å². The number of rotatable bonds is 5. The Hall–Kier alpha value is -5.02. The number of hydrogen-bond acceptors (Lipinski definition) is 8. The van der Waals surface area contributed by atoms with Crippen LogP contribution in [0.3, 0.4) is 0 Å². The van der Waals surface area contributed by atoms with Crippen molar-refractivity contribution < 1.29 is 22.9 Å². The van der Waals surface area contributed by atoms with Gasteiger partial charge in [-0.05, 0) is 29.7 Å². The number of halogens is 2. The Morgan fingerprint density at radius 1 is 0.947 bits per heavy atom. The minimum absolute atomic E-state index is 0.172. The molecule has 0 fully saturated rings. The maximum Gasteiger partial charge on any atom is 0.373 e. The van der Waals surface area contributed by atoms with Gasteiger partial charge in [-0.15, -0.1) is 0 Å². The zero-order valence-electron chi connectivity index (χ0n) is 19.9. The molecule has 0 bridgehead atoms. The van der Waals surface area contributed by atoms with Gasteiger partial charge in [0.05, 0.1) is 18.4 Å². The van der Waals surface area contributed by atoms with Crippen LogP contribution >= 0.6 is 0 Å². The standard InChI is InChI=1S/C26H20F2N6O.CO2/c27-20-8-4-3-7-19(20)16-34-24(22-10-12-35-32-22)13-23(31-34)25-29-14-21(28)26(30-25)33-11-9-17-5-1-2-6-18(17)15-33;2-1-3/h1-8,10,12-14H,9,11,15-16H2;. The molecule has 38 heavy (non-hydrogen) atoms. The van der Waals surface area contributed by atoms with Gasteiger partial charge in [-0.25, -0.2) is 18.7 Å². The Balaban J connectivity index is 0.000000937. The molecule has 5 aromatic rings. The minimum atomic E-state index is -0.490. The van der Waals surface area contributed by atoms with E-state index in [1.54, 1.807) is 35.0 Å². The van der Waals surface area contributed by atoms with E-state index in [1.807, 2.05) is 17.0 Å². The van der Waals surface area contributed by atoms with Crippen molar-refractivity contribution in [2.75, 3.05) is 11.4 Å². The zero-order chi connectivity index (χ0) is 26.5. The first-order valence-corrected chi connectivity index (χ1v) is 11.6. The third-order valence-corrected chi connectivity index (χ3v) is 6.14. The lowest BCUT2D eigenvalue weighted by Gasteiger charge is -2.30. The molecule has 3 aromatic heterocycles. The van der Waals surface area contributed by atoms with Crippen LogP contribution in [-0.4, -0.2) is 37.6 Å². The van der Waals surface area contributed by atoms with Crippen molar-refractivity contribution in [3.8, 4) is 22.9 Å². The molecule has 0 aliphatic carbocycles. The fraction of sp³-hybridized carbons (Fsp3) is 0.148. The molecule has 11 heteroatoms. The maximum absolute atomic E-state index is 14.8. The van der Waals surface area contributed by atoms with E-state index >= 15 is 0 Å². The fourth-order valence-electron chi connectivity index (χ4n) is 4.37. The quantitative estimate of drug-likeness (QED) is 0.342. The summed E-state index contributed by atoms with van der Waals surface area (Å²) in [6.07, 6.45) is 3.68. The van der Waals surface area contributed by atoms with Crippen LogP contribution in [0.1, 0.15) is 16.7 Å². The molecule has 0 saturated carbocycles. The van der Waals surface area contributed by atoms with Crippen LogP contribution in [0.4, 0.5) is 14.6 Å². The first kappa shape index (κ1) is 24.7. The summed E-state index contributed by atoms with van der Waals surface area (Å²) in [6, 6.07) is 18.1. The molecule has 4 heterocycles. The smallest absolute Gasteiger partial charge is 0.364 e. The summed E-state index contributed by atoms with van der Waals surface area (Å²) in [5.74, 6) is -0.314. The number of aromatic nitrogens is 5. The molecule has 1 aliphatic rings. The van der Waals surface area contributed by atoms with Crippen LogP contribution < -0.4 is 4.90 Å². The molecule has 190 valence electrons. The zero-order valence-corrected chi connectivity index (χ0v) is 19.9. The largest absolute Gasteiger partial charge is 0.373 e. The van der Waals surface area contributed by atoms with Gasteiger partial charge in [-0.1, -0.05) is 47.6 Å². The topological polar surface area (TPSA) is 107 Å². The second-order valence-corrected chi connectivity index (χ2v) is 8.44. The number of nitrogens with zero attached hydrogens (tertiary/aromatic N) is 6. The highest BCUT2D eigenvalue weighted by Crippen LogP contribution is 2.29. The van der Waals surface area contributed by atoms with Crippen LogP contribution in [0.5, 0.6) is 0 Å². The van der Waals surface area contributed by atoms with Crippen LogP contribution in [-0.2, 0) is 29.1 Å². The van der Waals surface area contributed by atoms with E-state index in [0.29, 0.717) is 35.7 Å². The van der Waals surface area contributed by atoms with Gasteiger partial charge in [-0.2, -0.15) is 14.7 Å². The normalized spacial score (nSPS) is 12.3. The summed E-state index contributed by atoms with van der Waals surface area (Å²) in [4.78, 5) is 26.9. The van der Waals surface area contributed by atoms with Gasteiger partial charge in [0.15, 0.2) is 17.5 Å². The minimum Gasteiger partial charge on any atom is -0.364 e. The predicted octanol–water partition coefficient (Wildman–Crippen LogP) is 4.30. The number of benzene rings is 2. The van der Waals surface area contributed by atoms with Crippen molar-refractivity contribution in [2.24, 2.45) is 0 Å². The van der Waals surface area contributed by atoms with Crippen LogP contribution in [0, 0.1) is 11.6 Å². The molecule has 0 amide bonds. The number of anilines is 1. The molecule has 0 N–H and O–H groups in total. The molecule has 0 unspecified atom stereocenters. The summed E-state index contributed by atoms with van der Waals surface area (Å²) in [5, 5.41) is 8.63. The summed E-state index contributed by atoms with van der Waals surface area (Å²) in [7, 11) is 0. The molecule has 2 aromatic carbocycles. The van der Waals surface area contributed by atoms with Crippen LogP contribution in [0.15, 0.2) is 77.6 Å². The second kappa shape index (κ2) is 10.9. The molecule has 0 atom stereocenters. The third-order valence-electron chi connectivity index (χ3n) is 6.14. The van der Waals surface area contributed by atoms with E-state index in [1.165, 1.54) is 24.1 Å². The molecule has 1 aliphatic heterocycles. The van der Waals surface area contributed by atoms with E-state index < -0.39 is 5.82 Å². The van der Waals surface area contributed by atoms with Crippen LogP contribution in [0.2, 0.25) is 0 Å². The molecule has 9 nitrogen and oxygen atoms in total. The molecular formula is C27H20F2N6O3. The Bertz CT molecular complexity index is 1600. The number of fused-ring (bicyclic) bond motifs is 1. The highest BCUT2D eigenvalue weighted by Gasteiger charge is 2.23. The van der Waals surface area contributed by atoms with Gasteiger partial charge < -0.3 is 9.42 Å². The average Bonchev–Trinajstić information content (AvgIpc) is 3.61. The Morgan fingerprint density at radius 3 is 2.47 bits per heavy atom. The van der Waals surface area contributed by atoms with Crippen LogP contribution in [0.25, 0.3) is 22.9 Å². The summed E-state index contributed by atoms with van der Waals surface area (Å²) in [6.45, 7) is 1.39. The third kappa shape index (κ3) is 5.09. The lowest BCUT2D eigenvalue weighted by molar-refractivity contribution is -0.191. The molecular weight excluding hydrogens is 494 g/mol. The predicted molar refractivity (Wildman–Crippen MR) is 130 cm³/mol. The first-order chi connectivity index (χ1) is 18.6. The SMILES string of the molecule is Fc1ccccc1Cn1nc(-c2ncc(F)c(N3CCc4ccccc4C3)n2)cc1-c1ccon1.O=C=O. The summed E-state index contributed by atoms with van der Waals surface area (Å²) >= 11 is 0. The highest BCUT2D eigenvalue weighted by atomic mass is 19.1. The van der Waals surface area contributed by atoms with E-state index in [9.17, 15) is 8.78 Å². The van der Waals surface area contributed by atoms with Crippen molar-refractivity contribution in [3.63, 3.8) is 0 Å². The Labute approximate surface area is 215 Å². The van der Waals surface area contributed by atoms with Crippen molar-refractivity contribution >= 4 is 12.0 Å². The average molecular weight is 514 g/mol. The van der Waals surface area contributed by atoms with E-state index in [-0.39, 0.29) is 30.2 Å². The van der Waals surface area contributed by atoms with Gasteiger partial charge in [0.25, 0.3) is 0 Å². The maximum atomic E-state index is 14.8. The Morgan fingerprint density at radius 2 is 1.71 bits per heavy atom. The highest BCUT2D eigenvalue weighted by molar-refractivity contribution is 5.63. The van der Waals surface area contributed by atoms with Crippen molar-refractivity contribution in [1.29, 1.82) is 0 Å². The molecule has 0 radical (unpaired) electrons. The number of hydrogen-bond donors (Lipinski definition) is 0. The molecule has 6 rings (SSSR count). The molecule has 0 spiro atoms. The van der Waals surface area contributed by atoms with E-state index in [4.69, 9.17) is 14.1 Å². The lowest BCUT2D eigenvalue weighted by Crippen LogP contribution is -2.32. The second-order valence-electron chi connectivity index (χ2n) is 8.44. The van der Waals surface area contributed by atoms with Gasteiger partial charge in [0, 0.05) is 24.7 Å². The first-order valence-electron chi connectivity index (χ1n) is 11.6. The van der Waals surface area contributed by atoms with Gasteiger partial charge in [0.2, 0.25) is 0 Å². The number of carbonyl (C=O) groups excluding carboxylic acids is 2. The summed E-state index contributed by atoms with van der Waals surface area (Å²) in [5.41, 5.74) is 4.47. The summed E-state index contributed by atoms with van der Waals surface area (Å²) < 4.78 is 35.8. The van der Waals surface area contributed by atoms with Gasteiger partial charge in [0.1, 0.15) is 23.5 Å². The monoisotopic (exact) mass is 514 g/mol. The van der Waals surface area contributed by atoms with E-state index in [2.05, 4.69) is 32.4 Å². The van der Waals surface area contributed by atoms with Gasteiger partial charge >= 0.3 is 6.15 Å². The lowest BCUT2D eigenvalue weighted by atomic mass is 10.00. The molecule has 0 saturated heterocycles. The van der Waals surface area contributed by atoms with Crippen molar-refractivity contribution in [3.05, 3.63) is 101 Å². The fourth-order valence-corrected chi connectivity index (χ4v) is 4.37.